The Balaban J connectivity index is 4.43. The van der Waals surface area contributed by atoms with E-state index >= 15 is 0 Å². The van der Waals surface area contributed by atoms with Crippen LogP contribution in [0.3, 0.4) is 0 Å². The monoisotopic (exact) mass is 265 g/mol. The summed E-state index contributed by atoms with van der Waals surface area (Å²) in [7, 11) is -2.91. The summed E-state index contributed by atoms with van der Waals surface area (Å²) in [5, 5.41) is 17.3. The lowest BCUT2D eigenvalue weighted by atomic mass is 10.1. The Morgan fingerprint density at radius 2 is 1.94 bits per heavy atom. The number of carboxylic acids is 2. The first-order valence-corrected chi connectivity index (χ1v) is 7.37. The number of carboxylic acid groups (broad SMARTS) is 2. The third kappa shape index (κ3) is 7.73. The minimum atomic E-state index is -2.91. The van der Waals surface area contributed by atoms with Gasteiger partial charge in [0, 0.05) is 27.7 Å². The number of nitrogens with one attached hydrogen (secondary N) is 1. The lowest BCUT2D eigenvalue weighted by Crippen LogP contribution is -2.25. The predicted octanol–water partition coefficient (Wildman–Crippen LogP) is 1.40. The maximum Gasteiger partial charge on any atom is 0.307 e. The van der Waals surface area contributed by atoms with Crippen molar-refractivity contribution in [2.45, 2.75) is 32.6 Å². The largest absolute Gasteiger partial charge is 0.481 e. The molecule has 2 unspecified atom stereocenters. The molecule has 0 bridgehead atoms. The van der Waals surface area contributed by atoms with Crippen LogP contribution < -0.4 is 0 Å². The zero-order chi connectivity index (χ0) is 13.5. The average molecular weight is 265 g/mol. The molecule has 7 heteroatoms. The van der Waals surface area contributed by atoms with Gasteiger partial charge in [0.15, 0.2) is 0 Å². The Morgan fingerprint density at radius 1 is 1.35 bits per heavy atom. The summed E-state index contributed by atoms with van der Waals surface area (Å²) in [5.74, 6) is -3.34. The molecule has 100 valence electrons. The molecule has 0 heterocycles. The van der Waals surface area contributed by atoms with Crippen LogP contribution in [-0.4, -0.2) is 37.9 Å². The Kier molecular flexibility index (Phi) is 6.79. The van der Waals surface area contributed by atoms with Gasteiger partial charge in [-0.3, -0.25) is 14.4 Å². The highest BCUT2D eigenvalue weighted by molar-refractivity contribution is 7.92. The molecule has 2 atom stereocenters. The van der Waals surface area contributed by atoms with E-state index in [1.54, 1.807) is 0 Å². The molecule has 0 aromatic heterocycles. The van der Waals surface area contributed by atoms with E-state index in [-0.39, 0.29) is 24.3 Å². The lowest BCUT2D eigenvalue weighted by molar-refractivity contribution is -0.142. The number of unbranched alkanes of at least 4 members (excludes halogenated alkanes) is 1. The minimum Gasteiger partial charge on any atom is -0.481 e. The fourth-order valence-corrected chi connectivity index (χ4v) is 3.24. The van der Waals surface area contributed by atoms with Crippen molar-refractivity contribution in [2.75, 3.05) is 11.5 Å². The summed E-state index contributed by atoms with van der Waals surface area (Å²) < 4.78 is 19.3. The van der Waals surface area contributed by atoms with E-state index < -0.39 is 27.6 Å². The van der Waals surface area contributed by atoms with E-state index in [9.17, 15) is 13.8 Å². The van der Waals surface area contributed by atoms with E-state index in [0.717, 1.165) is 6.42 Å². The number of hydrogen-bond donors (Lipinski definition) is 3. The fourth-order valence-electron chi connectivity index (χ4n) is 1.36. The molecule has 0 aliphatic heterocycles. The second-order valence-corrected chi connectivity index (χ2v) is 6.37. The van der Waals surface area contributed by atoms with Crippen molar-refractivity contribution in [1.29, 1.82) is 4.78 Å². The van der Waals surface area contributed by atoms with E-state index in [4.69, 9.17) is 15.0 Å². The van der Waals surface area contributed by atoms with Gasteiger partial charge in [-0.05, 0) is 12.8 Å². The van der Waals surface area contributed by atoms with Crippen LogP contribution in [0, 0.1) is 10.7 Å². The summed E-state index contributed by atoms with van der Waals surface area (Å²) in [6.07, 6.45) is 1.06. The maximum absolute atomic E-state index is 11.8. The summed E-state index contributed by atoms with van der Waals surface area (Å²) in [4.78, 5) is 21.2. The molecular formula is C10H19NO5S. The summed E-state index contributed by atoms with van der Waals surface area (Å²) >= 11 is 0. The van der Waals surface area contributed by atoms with Crippen molar-refractivity contribution in [3.63, 3.8) is 0 Å². The van der Waals surface area contributed by atoms with Gasteiger partial charge in [-0.15, -0.1) is 0 Å². The summed E-state index contributed by atoms with van der Waals surface area (Å²) in [5.41, 5.74) is 0. The Labute approximate surface area is 101 Å². The van der Waals surface area contributed by atoms with E-state index in [1.807, 2.05) is 6.92 Å². The van der Waals surface area contributed by atoms with Crippen molar-refractivity contribution >= 4 is 21.7 Å². The maximum atomic E-state index is 11.8. The average Bonchev–Trinajstić information content (AvgIpc) is 2.20. The summed E-state index contributed by atoms with van der Waals surface area (Å²) in [6, 6.07) is 0. The van der Waals surface area contributed by atoms with E-state index in [0.29, 0.717) is 6.42 Å². The topological polar surface area (TPSA) is 116 Å². The third-order valence-corrected chi connectivity index (χ3v) is 4.24. The predicted molar refractivity (Wildman–Crippen MR) is 63.5 cm³/mol. The first-order chi connectivity index (χ1) is 7.78. The highest BCUT2D eigenvalue weighted by Gasteiger charge is 2.23. The molecule has 0 saturated carbocycles. The molecule has 0 rings (SSSR count). The number of rotatable bonds is 9. The second-order valence-electron chi connectivity index (χ2n) is 4.00. The van der Waals surface area contributed by atoms with Crippen LogP contribution in [0.1, 0.15) is 32.6 Å². The number of carbonyl (C=O) groups is 2. The van der Waals surface area contributed by atoms with Crippen LogP contribution in [-0.2, 0) is 19.3 Å². The van der Waals surface area contributed by atoms with Crippen LogP contribution in [0.5, 0.6) is 0 Å². The van der Waals surface area contributed by atoms with Crippen LogP contribution >= 0.6 is 0 Å². The van der Waals surface area contributed by atoms with Crippen LogP contribution in [0.25, 0.3) is 0 Å². The zero-order valence-electron chi connectivity index (χ0n) is 9.85. The van der Waals surface area contributed by atoms with Crippen molar-refractivity contribution in [1.82, 2.24) is 0 Å². The van der Waals surface area contributed by atoms with Gasteiger partial charge in [0.25, 0.3) is 0 Å². The molecule has 0 aromatic rings. The van der Waals surface area contributed by atoms with Crippen LogP contribution in [0.15, 0.2) is 0 Å². The molecule has 0 radical (unpaired) electrons. The van der Waals surface area contributed by atoms with Crippen molar-refractivity contribution in [3.05, 3.63) is 0 Å². The Bertz CT molecular complexity index is 363. The first-order valence-electron chi connectivity index (χ1n) is 5.47. The quantitative estimate of drug-likeness (QED) is 0.582. The molecule has 0 aliphatic carbocycles. The minimum absolute atomic E-state index is 0.0767. The van der Waals surface area contributed by atoms with E-state index in [2.05, 4.69) is 0 Å². The molecule has 6 nitrogen and oxygen atoms in total. The number of aliphatic carboxylic acids is 2. The molecule has 0 aromatic carbocycles. The second kappa shape index (κ2) is 7.26. The Hall–Kier alpha value is -1.11. The van der Waals surface area contributed by atoms with E-state index in [1.165, 1.54) is 0 Å². The standard InChI is InChI=1S/C10H19NO5S/c1-2-3-6-17(11,16)7-8(10(14)15)4-5-9(12)13/h8,11H,2-7H2,1H3,(H,12,13)(H,14,15). The van der Waals surface area contributed by atoms with Crippen LogP contribution in [0.4, 0.5) is 0 Å². The van der Waals surface area contributed by atoms with Crippen molar-refractivity contribution < 1.29 is 24.0 Å². The number of hydrogen-bond acceptors (Lipinski definition) is 4. The first kappa shape index (κ1) is 15.9. The normalized spacial score (nSPS) is 16.1. The van der Waals surface area contributed by atoms with Gasteiger partial charge in [0.05, 0.1) is 5.92 Å². The third-order valence-electron chi connectivity index (χ3n) is 2.35. The Morgan fingerprint density at radius 3 is 2.35 bits per heavy atom. The molecule has 0 spiro atoms. The SMILES string of the molecule is CCCCS(=N)(=O)CC(CCC(=O)O)C(=O)O. The van der Waals surface area contributed by atoms with Crippen molar-refractivity contribution in [3.8, 4) is 0 Å². The fraction of sp³-hybridized carbons (Fsp3) is 0.800. The van der Waals surface area contributed by atoms with Gasteiger partial charge in [-0.2, -0.15) is 0 Å². The van der Waals surface area contributed by atoms with Gasteiger partial charge in [-0.1, -0.05) is 13.3 Å². The molecule has 17 heavy (non-hydrogen) atoms. The van der Waals surface area contributed by atoms with Gasteiger partial charge in [0.2, 0.25) is 0 Å². The lowest BCUT2D eigenvalue weighted by Gasteiger charge is -2.13. The molecule has 0 saturated heterocycles. The molecule has 0 fully saturated rings. The highest BCUT2D eigenvalue weighted by atomic mass is 32.2. The van der Waals surface area contributed by atoms with Crippen LogP contribution in [0.2, 0.25) is 0 Å². The molecule has 0 amide bonds. The van der Waals surface area contributed by atoms with Gasteiger partial charge in [0.1, 0.15) is 0 Å². The smallest absolute Gasteiger partial charge is 0.307 e. The van der Waals surface area contributed by atoms with Gasteiger partial charge >= 0.3 is 11.9 Å². The zero-order valence-corrected chi connectivity index (χ0v) is 10.7. The molecule has 0 aliphatic rings. The van der Waals surface area contributed by atoms with Crippen molar-refractivity contribution in [2.24, 2.45) is 5.92 Å². The highest BCUT2D eigenvalue weighted by Crippen LogP contribution is 2.12. The van der Waals surface area contributed by atoms with Gasteiger partial charge in [-0.25, -0.2) is 4.21 Å². The van der Waals surface area contributed by atoms with Gasteiger partial charge < -0.3 is 10.2 Å². The molecule has 3 N–H and O–H groups in total. The summed E-state index contributed by atoms with van der Waals surface area (Å²) in [6.45, 7) is 1.90. The molecular weight excluding hydrogens is 246 g/mol.